The fourth-order valence-corrected chi connectivity index (χ4v) is 2.10. The highest BCUT2D eigenvalue weighted by Gasteiger charge is 2.07. The summed E-state index contributed by atoms with van der Waals surface area (Å²) in [4.78, 5) is 23.4. The highest BCUT2D eigenvalue weighted by Crippen LogP contribution is 2.17. The van der Waals surface area contributed by atoms with E-state index in [2.05, 4.69) is 31.9 Å². The Bertz CT molecular complexity index is 673. The molecule has 0 aliphatic carbocycles. The van der Waals surface area contributed by atoms with Crippen molar-refractivity contribution in [3.05, 3.63) is 58.6 Å². The number of hydrogen-bond donors (Lipinski definition) is 3. The molecule has 2 aromatic carbocycles. The minimum absolute atomic E-state index is 0.214. The number of halogens is 1. The molecule has 0 aromatic heterocycles. The molecule has 0 atom stereocenters. The minimum atomic E-state index is -0.314. The van der Waals surface area contributed by atoms with Gasteiger partial charge < -0.3 is 16.0 Å². The minimum Gasteiger partial charge on any atom is -0.341 e. The number of hydrogen-bond acceptors (Lipinski definition) is 2. The van der Waals surface area contributed by atoms with Gasteiger partial charge in [-0.3, -0.25) is 4.79 Å². The summed E-state index contributed by atoms with van der Waals surface area (Å²) < 4.78 is 0.838. The molecule has 0 saturated carbocycles. The van der Waals surface area contributed by atoms with Gasteiger partial charge >= 0.3 is 6.03 Å². The summed E-state index contributed by atoms with van der Waals surface area (Å²) in [5, 5.41) is 7.89. The topological polar surface area (TPSA) is 70.2 Å². The maximum Gasteiger partial charge on any atom is 0.318 e. The molecule has 0 aliphatic heterocycles. The van der Waals surface area contributed by atoms with E-state index in [0.717, 1.165) is 4.47 Å². The van der Waals surface area contributed by atoms with Crippen molar-refractivity contribution in [2.45, 2.75) is 0 Å². The van der Waals surface area contributed by atoms with E-state index in [0.29, 0.717) is 16.9 Å². The highest BCUT2D eigenvalue weighted by atomic mass is 79.9. The zero-order chi connectivity index (χ0) is 15.2. The molecule has 0 radical (unpaired) electrons. The van der Waals surface area contributed by atoms with Crippen LogP contribution in [-0.2, 0) is 0 Å². The molecule has 0 spiro atoms. The van der Waals surface area contributed by atoms with Crippen molar-refractivity contribution in [2.24, 2.45) is 0 Å². The number of urea groups is 1. The molecule has 0 aliphatic rings. The van der Waals surface area contributed by atoms with Gasteiger partial charge in [0.1, 0.15) is 0 Å². The van der Waals surface area contributed by atoms with E-state index < -0.39 is 0 Å². The molecule has 108 valence electrons. The molecule has 2 rings (SSSR count). The molecule has 0 saturated heterocycles. The molecule has 2 aromatic rings. The lowest BCUT2D eigenvalue weighted by molar-refractivity contribution is 0.102. The van der Waals surface area contributed by atoms with Gasteiger partial charge in [0.15, 0.2) is 0 Å². The van der Waals surface area contributed by atoms with Crippen LogP contribution >= 0.6 is 15.9 Å². The monoisotopic (exact) mass is 347 g/mol. The number of benzene rings is 2. The van der Waals surface area contributed by atoms with E-state index in [9.17, 15) is 9.59 Å². The second-order valence-corrected chi connectivity index (χ2v) is 5.17. The first-order chi connectivity index (χ1) is 10.1. The molecule has 0 heterocycles. The fraction of sp³-hybridized carbons (Fsp3) is 0.0667. The molecular weight excluding hydrogens is 334 g/mol. The zero-order valence-corrected chi connectivity index (χ0v) is 12.9. The van der Waals surface area contributed by atoms with Crippen LogP contribution < -0.4 is 16.0 Å². The number of carbonyl (C=O) groups is 2. The zero-order valence-electron chi connectivity index (χ0n) is 11.3. The maximum absolute atomic E-state index is 12.1. The van der Waals surface area contributed by atoms with Gasteiger partial charge in [-0.05, 0) is 36.4 Å². The van der Waals surface area contributed by atoms with Gasteiger partial charge in [0.2, 0.25) is 0 Å². The van der Waals surface area contributed by atoms with Crippen LogP contribution in [0.15, 0.2) is 53.0 Å². The third-order valence-electron chi connectivity index (χ3n) is 2.69. The second kappa shape index (κ2) is 6.90. The predicted octanol–water partition coefficient (Wildman–Crippen LogP) is 3.45. The standard InChI is InChI=1S/C15H14BrN3O2/c1-17-15(21)19-13-7-3-6-12(9-13)18-14(20)10-4-2-5-11(16)8-10/h2-9H,1H3,(H,18,20)(H2,17,19,21). The molecule has 3 amide bonds. The van der Waals surface area contributed by atoms with E-state index in [4.69, 9.17) is 0 Å². The van der Waals surface area contributed by atoms with Crippen molar-refractivity contribution in [1.82, 2.24) is 5.32 Å². The summed E-state index contributed by atoms with van der Waals surface area (Å²) in [6.45, 7) is 0. The lowest BCUT2D eigenvalue weighted by Crippen LogP contribution is -2.24. The molecule has 0 fully saturated rings. The van der Waals surface area contributed by atoms with E-state index in [1.54, 1.807) is 42.5 Å². The SMILES string of the molecule is CNC(=O)Nc1cccc(NC(=O)c2cccc(Br)c2)c1. The van der Waals surface area contributed by atoms with Crippen LogP contribution in [0.5, 0.6) is 0 Å². The van der Waals surface area contributed by atoms with Crippen molar-refractivity contribution in [2.75, 3.05) is 17.7 Å². The number of anilines is 2. The quantitative estimate of drug-likeness (QED) is 0.795. The summed E-state index contributed by atoms with van der Waals surface area (Å²) >= 11 is 3.33. The van der Waals surface area contributed by atoms with Crippen molar-refractivity contribution < 1.29 is 9.59 Å². The van der Waals surface area contributed by atoms with Crippen molar-refractivity contribution in [1.29, 1.82) is 0 Å². The van der Waals surface area contributed by atoms with Gasteiger partial charge in [0.05, 0.1) is 0 Å². The lowest BCUT2D eigenvalue weighted by atomic mass is 10.2. The van der Waals surface area contributed by atoms with E-state index in [-0.39, 0.29) is 11.9 Å². The van der Waals surface area contributed by atoms with Gasteiger partial charge in [-0.25, -0.2) is 4.79 Å². The third-order valence-corrected chi connectivity index (χ3v) is 3.19. The van der Waals surface area contributed by atoms with Gasteiger partial charge in [-0.2, -0.15) is 0 Å². The summed E-state index contributed by atoms with van der Waals surface area (Å²) in [5.41, 5.74) is 1.75. The average molecular weight is 348 g/mol. The Labute approximate surface area is 130 Å². The Morgan fingerprint density at radius 3 is 2.29 bits per heavy atom. The third kappa shape index (κ3) is 4.32. The maximum atomic E-state index is 12.1. The molecule has 21 heavy (non-hydrogen) atoms. The van der Waals surface area contributed by atoms with Crippen LogP contribution in [0.25, 0.3) is 0 Å². The van der Waals surface area contributed by atoms with Crippen LogP contribution in [-0.4, -0.2) is 19.0 Å². The van der Waals surface area contributed by atoms with E-state index >= 15 is 0 Å². The first kappa shape index (κ1) is 15.1. The molecular formula is C15H14BrN3O2. The molecule has 0 bridgehead atoms. The molecule has 0 unspecified atom stereocenters. The molecule has 3 N–H and O–H groups in total. The summed E-state index contributed by atoms with van der Waals surface area (Å²) in [7, 11) is 1.54. The van der Waals surface area contributed by atoms with Crippen molar-refractivity contribution in [3.8, 4) is 0 Å². The van der Waals surface area contributed by atoms with Crippen LogP contribution in [0.2, 0.25) is 0 Å². The number of nitrogens with one attached hydrogen (secondary N) is 3. The smallest absolute Gasteiger partial charge is 0.318 e. The number of rotatable bonds is 3. The van der Waals surface area contributed by atoms with Crippen LogP contribution in [0, 0.1) is 0 Å². The van der Waals surface area contributed by atoms with E-state index in [1.807, 2.05) is 6.07 Å². The fourth-order valence-electron chi connectivity index (χ4n) is 1.70. The summed E-state index contributed by atoms with van der Waals surface area (Å²) in [5.74, 6) is -0.214. The Hall–Kier alpha value is -2.34. The van der Waals surface area contributed by atoms with Crippen LogP contribution in [0.4, 0.5) is 16.2 Å². The summed E-state index contributed by atoms with van der Waals surface area (Å²) in [6, 6.07) is 13.7. The number of amides is 3. The Kier molecular flexibility index (Phi) is 4.94. The van der Waals surface area contributed by atoms with Gasteiger partial charge in [0.25, 0.3) is 5.91 Å². The lowest BCUT2D eigenvalue weighted by Gasteiger charge is -2.08. The predicted molar refractivity (Wildman–Crippen MR) is 86.6 cm³/mol. The van der Waals surface area contributed by atoms with Gasteiger partial charge in [-0.15, -0.1) is 0 Å². The van der Waals surface area contributed by atoms with Crippen molar-refractivity contribution >= 4 is 39.2 Å². The number of carbonyl (C=O) groups excluding carboxylic acids is 2. The Morgan fingerprint density at radius 1 is 0.952 bits per heavy atom. The molecule has 5 nitrogen and oxygen atoms in total. The van der Waals surface area contributed by atoms with Crippen molar-refractivity contribution in [3.63, 3.8) is 0 Å². The van der Waals surface area contributed by atoms with Gasteiger partial charge in [-0.1, -0.05) is 28.1 Å². The highest BCUT2D eigenvalue weighted by molar-refractivity contribution is 9.10. The first-order valence-corrected chi connectivity index (χ1v) is 7.03. The van der Waals surface area contributed by atoms with Gasteiger partial charge in [0, 0.05) is 28.5 Å². The summed E-state index contributed by atoms with van der Waals surface area (Å²) in [6.07, 6.45) is 0. The largest absolute Gasteiger partial charge is 0.341 e. The van der Waals surface area contributed by atoms with Crippen LogP contribution in [0.1, 0.15) is 10.4 Å². The first-order valence-electron chi connectivity index (χ1n) is 6.24. The molecule has 6 heteroatoms. The van der Waals surface area contributed by atoms with E-state index in [1.165, 1.54) is 7.05 Å². The van der Waals surface area contributed by atoms with Crippen LogP contribution in [0.3, 0.4) is 0 Å². The average Bonchev–Trinajstić information content (AvgIpc) is 2.47. The Balaban J connectivity index is 2.11. The second-order valence-electron chi connectivity index (χ2n) is 4.25. The normalized spacial score (nSPS) is 9.81. The Morgan fingerprint density at radius 2 is 1.62 bits per heavy atom.